The van der Waals surface area contributed by atoms with Gasteiger partial charge in [0.05, 0.1) is 29.0 Å². The molecule has 166 valence electrons. The Kier molecular flexibility index (Phi) is 5.06. The minimum absolute atomic E-state index is 0.110. The van der Waals surface area contributed by atoms with E-state index in [0.29, 0.717) is 35.3 Å². The van der Waals surface area contributed by atoms with Crippen molar-refractivity contribution < 1.29 is 14.4 Å². The second kappa shape index (κ2) is 8.06. The van der Waals surface area contributed by atoms with E-state index in [4.69, 9.17) is 4.52 Å². The molecule has 33 heavy (non-hydrogen) atoms. The number of likely N-dealkylation sites (N-methyl/N-ethyl adjacent to an activating group) is 1. The van der Waals surface area contributed by atoms with Crippen LogP contribution in [-0.4, -0.2) is 54.6 Å². The van der Waals surface area contributed by atoms with Crippen molar-refractivity contribution in [3.05, 3.63) is 66.3 Å². The number of amides is 1. The molecule has 1 saturated heterocycles. The maximum absolute atomic E-state index is 12.3. The molecule has 0 spiro atoms. The molecule has 1 fully saturated rings. The lowest BCUT2D eigenvalue weighted by molar-refractivity contribution is -0.144. The topological polar surface area (TPSA) is 130 Å². The predicted octanol–water partition coefficient (Wildman–Crippen LogP) is 2.69. The summed E-state index contributed by atoms with van der Waals surface area (Å²) in [6.45, 7) is 2.36. The van der Waals surface area contributed by atoms with E-state index in [1.807, 2.05) is 31.2 Å². The number of carbonyl (C=O) groups excluding carboxylic acids is 1. The number of nitrogens with zero attached hydrogens (tertiary/aromatic N) is 6. The lowest BCUT2D eigenvalue weighted by Crippen LogP contribution is -2.35. The number of pyridine rings is 2. The summed E-state index contributed by atoms with van der Waals surface area (Å²) in [6, 6.07) is 12.5. The second-order valence-corrected chi connectivity index (χ2v) is 7.90. The molecule has 0 aromatic carbocycles. The maximum atomic E-state index is 12.3. The predicted molar refractivity (Wildman–Crippen MR) is 119 cm³/mol. The number of likely N-dealkylation sites (tertiary alicyclic amines) is 1. The van der Waals surface area contributed by atoms with Gasteiger partial charge in [-0.2, -0.15) is 0 Å². The van der Waals surface area contributed by atoms with Gasteiger partial charge < -0.3 is 19.8 Å². The average Bonchev–Trinajstić information content (AvgIpc) is 3.43. The summed E-state index contributed by atoms with van der Waals surface area (Å²) < 4.78 is 5.34. The van der Waals surface area contributed by atoms with E-state index in [2.05, 4.69) is 30.4 Å². The molecule has 1 amide bonds. The van der Waals surface area contributed by atoms with E-state index in [1.165, 1.54) is 4.90 Å². The Labute approximate surface area is 189 Å². The van der Waals surface area contributed by atoms with Crippen LogP contribution >= 0.6 is 0 Å². The van der Waals surface area contributed by atoms with Gasteiger partial charge in [0.2, 0.25) is 11.5 Å². The number of hydrogen-bond donors (Lipinski definition) is 2. The molecule has 5 heterocycles. The van der Waals surface area contributed by atoms with Gasteiger partial charge in [0.25, 0.3) is 5.91 Å². The third-order valence-corrected chi connectivity index (χ3v) is 5.52. The maximum Gasteiger partial charge on any atom is 0.262 e. The summed E-state index contributed by atoms with van der Waals surface area (Å²) in [4.78, 5) is 31.5. The highest BCUT2D eigenvalue weighted by Gasteiger charge is 2.48. The zero-order valence-electron chi connectivity index (χ0n) is 18.1. The number of carbonyl (C=O) groups is 1. The summed E-state index contributed by atoms with van der Waals surface area (Å²) >= 11 is 0. The quantitative estimate of drug-likeness (QED) is 0.478. The number of rotatable bonds is 5. The first-order chi connectivity index (χ1) is 15.9. The van der Waals surface area contributed by atoms with Gasteiger partial charge in [-0.15, -0.1) is 0 Å². The van der Waals surface area contributed by atoms with Crippen molar-refractivity contribution in [2.45, 2.75) is 18.9 Å². The molecule has 0 saturated carbocycles. The van der Waals surface area contributed by atoms with Crippen molar-refractivity contribution in [2.75, 3.05) is 18.9 Å². The van der Waals surface area contributed by atoms with Crippen molar-refractivity contribution in [3.63, 3.8) is 0 Å². The third-order valence-electron chi connectivity index (χ3n) is 5.52. The summed E-state index contributed by atoms with van der Waals surface area (Å²) in [7, 11) is 1.64. The number of hydrogen-bond acceptors (Lipinski definition) is 9. The Bertz CT molecular complexity index is 1320. The van der Waals surface area contributed by atoms with Gasteiger partial charge in [0.1, 0.15) is 5.69 Å². The molecule has 0 radical (unpaired) electrons. The van der Waals surface area contributed by atoms with Crippen LogP contribution in [0.1, 0.15) is 17.9 Å². The number of anilines is 2. The van der Waals surface area contributed by atoms with Crippen molar-refractivity contribution in [1.29, 1.82) is 0 Å². The Morgan fingerprint density at radius 3 is 2.58 bits per heavy atom. The first kappa shape index (κ1) is 20.7. The van der Waals surface area contributed by atoms with Crippen LogP contribution in [-0.2, 0) is 10.4 Å². The van der Waals surface area contributed by atoms with Crippen LogP contribution in [0.3, 0.4) is 0 Å². The lowest BCUT2D eigenvalue weighted by Gasteiger charge is -2.16. The monoisotopic (exact) mass is 443 g/mol. The average molecular weight is 443 g/mol. The molecule has 1 aliphatic heterocycles. The zero-order valence-corrected chi connectivity index (χ0v) is 18.1. The molecule has 4 aromatic heterocycles. The molecule has 1 aliphatic rings. The minimum Gasteiger partial charge on any atom is -0.373 e. The van der Waals surface area contributed by atoms with Crippen molar-refractivity contribution >= 4 is 17.5 Å². The molecule has 0 bridgehead atoms. The van der Waals surface area contributed by atoms with E-state index in [-0.39, 0.29) is 12.2 Å². The SMILES string of the molecule is Cc1ccc(Nc2nccc(-c3cccc(-c4cc([C@]5(O)CCN(C)C5=O)on4)n3)n2)cn1. The van der Waals surface area contributed by atoms with Crippen LogP contribution in [0.15, 0.2) is 59.4 Å². The first-order valence-corrected chi connectivity index (χ1v) is 10.4. The van der Waals surface area contributed by atoms with Gasteiger partial charge in [-0.25, -0.2) is 15.0 Å². The summed E-state index contributed by atoms with van der Waals surface area (Å²) in [6.07, 6.45) is 3.61. The Hall–Kier alpha value is -4.18. The fraction of sp³-hybridized carbons (Fsp3) is 0.217. The number of aryl methyl sites for hydroxylation is 1. The molecular weight excluding hydrogens is 422 g/mol. The van der Waals surface area contributed by atoms with Gasteiger partial charge in [0.15, 0.2) is 5.76 Å². The highest BCUT2D eigenvalue weighted by atomic mass is 16.5. The Morgan fingerprint density at radius 2 is 1.85 bits per heavy atom. The van der Waals surface area contributed by atoms with Crippen molar-refractivity contribution in [3.8, 4) is 22.8 Å². The number of aliphatic hydroxyl groups is 1. The van der Waals surface area contributed by atoms with E-state index in [9.17, 15) is 9.90 Å². The van der Waals surface area contributed by atoms with Crippen LogP contribution in [0.5, 0.6) is 0 Å². The van der Waals surface area contributed by atoms with Crippen LogP contribution in [0.25, 0.3) is 22.8 Å². The van der Waals surface area contributed by atoms with Gasteiger partial charge in [0, 0.05) is 38.0 Å². The Balaban J connectivity index is 1.41. The van der Waals surface area contributed by atoms with Gasteiger partial charge in [-0.3, -0.25) is 9.78 Å². The number of nitrogens with one attached hydrogen (secondary N) is 1. The minimum atomic E-state index is -1.70. The first-order valence-electron chi connectivity index (χ1n) is 10.4. The van der Waals surface area contributed by atoms with Crippen molar-refractivity contribution in [2.24, 2.45) is 0 Å². The van der Waals surface area contributed by atoms with Crippen molar-refractivity contribution in [1.82, 2.24) is 30.0 Å². The normalized spacial score (nSPS) is 18.0. The van der Waals surface area contributed by atoms with Crippen LogP contribution in [0.4, 0.5) is 11.6 Å². The van der Waals surface area contributed by atoms with E-state index >= 15 is 0 Å². The molecule has 0 aliphatic carbocycles. The van der Waals surface area contributed by atoms with E-state index in [0.717, 1.165) is 11.4 Å². The fourth-order valence-corrected chi connectivity index (χ4v) is 3.63. The van der Waals surface area contributed by atoms with Crippen LogP contribution in [0.2, 0.25) is 0 Å². The van der Waals surface area contributed by atoms with Crippen LogP contribution < -0.4 is 5.32 Å². The fourth-order valence-electron chi connectivity index (χ4n) is 3.63. The smallest absolute Gasteiger partial charge is 0.262 e. The zero-order chi connectivity index (χ0) is 23.0. The lowest BCUT2D eigenvalue weighted by atomic mass is 9.98. The van der Waals surface area contributed by atoms with Gasteiger partial charge in [-0.05, 0) is 37.3 Å². The highest BCUT2D eigenvalue weighted by Crippen LogP contribution is 2.34. The van der Waals surface area contributed by atoms with E-state index < -0.39 is 11.5 Å². The molecule has 2 N–H and O–H groups in total. The number of aromatic nitrogens is 5. The standard InChI is InChI=1S/C23H21N7O3/c1-14-6-7-15(13-25-14)26-22-24-10-8-18(28-22)16-4-3-5-17(27-16)19-12-20(33-29-19)23(32)9-11-30(2)21(23)31/h3-8,10,12-13,32H,9,11H2,1-2H3,(H,24,26,28)/t23-/m1/s1. The highest BCUT2D eigenvalue weighted by molar-refractivity contribution is 5.87. The third kappa shape index (κ3) is 3.92. The van der Waals surface area contributed by atoms with Gasteiger partial charge in [-0.1, -0.05) is 11.2 Å². The molecule has 10 nitrogen and oxygen atoms in total. The summed E-state index contributed by atoms with van der Waals surface area (Å²) in [5.74, 6) is 0.121. The largest absolute Gasteiger partial charge is 0.373 e. The van der Waals surface area contributed by atoms with E-state index in [1.54, 1.807) is 37.6 Å². The molecule has 5 rings (SSSR count). The summed E-state index contributed by atoms with van der Waals surface area (Å²) in [5, 5.41) is 17.9. The van der Waals surface area contributed by atoms with Crippen LogP contribution in [0, 0.1) is 6.92 Å². The Morgan fingerprint density at radius 1 is 1.06 bits per heavy atom. The molecule has 0 unspecified atom stereocenters. The molecule has 1 atom stereocenters. The summed E-state index contributed by atoms with van der Waals surface area (Å²) in [5.41, 5.74) is 2.17. The molecule has 4 aromatic rings. The van der Waals surface area contributed by atoms with Gasteiger partial charge >= 0.3 is 0 Å². The molecular formula is C23H21N7O3. The molecule has 10 heteroatoms. The second-order valence-electron chi connectivity index (χ2n) is 7.90.